The van der Waals surface area contributed by atoms with Crippen LogP contribution in [0.25, 0.3) is 0 Å². The average molecular weight is 115 g/mol. The van der Waals surface area contributed by atoms with Gasteiger partial charge in [0.05, 0.1) is 13.2 Å². The van der Waals surface area contributed by atoms with Crippen LogP contribution in [0.1, 0.15) is 0 Å². The molecule has 1 unspecified atom stereocenters. The summed E-state index contributed by atoms with van der Waals surface area (Å²) < 4.78 is 5.24. The van der Waals surface area contributed by atoms with Gasteiger partial charge in [-0.25, -0.2) is 0 Å². The highest BCUT2D eigenvalue weighted by atomic mass is 16.6. The maximum atomic E-state index is 8.70. The molecular weight excluding hydrogens is 106 g/mol. The normalized spacial score (nSPS) is 51.4. The van der Waals surface area contributed by atoms with E-state index in [1.165, 1.54) is 0 Å². The standard InChI is InChI=1S/C5H9NO2/c7-4-5-3-6(5)1-2-8-5/h7H,1-4H2/t5-,6?/m0/s1. The van der Waals surface area contributed by atoms with E-state index >= 15 is 0 Å². The predicted octanol–water partition coefficient (Wildman–Crippen LogP) is -0.979. The third-order valence-electron chi connectivity index (χ3n) is 1.89. The molecule has 2 fully saturated rings. The molecule has 0 aromatic carbocycles. The molecular formula is C5H9NO2. The van der Waals surface area contributed by atoms with Crippen LogP contribution in [0.5, 0.6) is 0 Å². The topological polar surface area (TPSA) is 32.5 Å². The van der Waals surface area contributed by atoms with E-state index in [1.807, 2.05) is 0 Å². The summed E-state index contributed by atoms with van der Waals surface area (Å²) in [6, 6.07) is 0. The molecule has 2 aliphatic rings. The van der Waals surface area contributed by atoms with Gasteiger partial charge in [0.2, 0.25) is 0 Å². The highest BCUT2D eigenvalue weighted by molar-refractivity contribution is 5.02. The molecule has 0 amide bonds. The molecule has 2 rings (SSSR count). The van der Waals surface area contributed by atoms with Crippen molar-refractivity contribution in [3.63, 3.8) is 0 Å². The smallest absolute Gasteiger partial charge is 0.158 e. The summed E-state index contributed by atoms with van der Waals surface area (Å²) in [5.41, 5.74) is -0.208. The maximum Gasteiger partial charge on any atom is 0.158 e. The van der Waals surface area contributed by atoms with Crippen molar-refractivity contribution in [1.82, 2.24) is 4.90 Å². The van der Waals surface area contributed by atoms with Gasteiger partial charge in [0.15, 0.2) is 5.72 Å². The van der Waals surface area contributed by atoms with Crippen molar-refractivity contribution in [2.24, 2.45) is 0 Å². The molecule has 2 saturated heterocycles. The summed E-state index contributed by atoms with van der Waals surface area (Å²) in [5, 5.41) is 8.70. The Morgan fingerprint density at radius 1 is 1.75 bits per heavy atom. The zero-order valence-corrected chi connectivity index (χ0v) is 4.63. The fourth-order valence-corrected chi connectivity index (χ4v) is 1.22. The molecule has 2 aliphatic heterocycles. The van der Waals surface area contributed by atoms with Gasteiger partial charge in [-0.15, -0.1) is 0 Å². The van der Waals surface area contributed by atoms with Crippen molar-refractivity contribution >= 4 is 0 Å². The van der Waals surface area contributed by atoms with Gasteiger partial charge in [-0.2, -0.15) is 0 Å². The molecule has 0 bridgehead atoms. The van der Waals surface area contributed by atoms with Crippen LogP contribution in [0.15, 0.2) is 0 Å². The highest BCUT2D eigenvalue weighted by Gasteiger charge is 2.56. The lowest BCUT2D eigenvalue weighted by molar-refractivity contribution is 0.0126. The molecule has 0 aliphatic carbocycles. The second kappa shape index (κ2) is 1.23. The minimum Gasteiger partial charge on any atom is -0.392 e. The lowest BCUT2D eigenvalue weighted by Crippen LogP contribution is -2.19. The van der Waals surface area contributed by atoms with Crippen molar-refractivity contribution in [3.05, 3.63) is 0 Å². The van der Waals surface area contributed by atoms with Crippen LogP contribution in [-0.2, 0) is 4.74 Å². The fourth-order valence-electron chi connectivity index (χ4n) is 1.22. The number of hydrogen-bond donors (Lipinski definition) is 1. The predicted molar refractivity (Wildman–Crippen MR) is 27.3 cm³/mol. The molecule has 2 atom stereocenters. The third kappa shape index (κ3) is 0.393. The first-order valence-electron chi connectivity index (χ1n) is 2.87. The van der Waals surface area contributed by atoms with Gasteiger partial charge < -0.3 is 9.84 Å². The second-order valence-electron chi connectivity index (χ2n) is 2.37. The molecule has 3 heteroatoms. The summed E-state index contributed by atoms with van der Waals surface area (Å²) in [7, 11) is 0. The number of hydrogen-bond acceptors (Lipinski definition) is 3. The summed E-state index contributed by atoms with van der Waals surface area (Å²) >= 11 is 0. The molecule has 0 aromatic rings. The number of rotatable bonds is 1. The van der Waals surface area contributed by atoms with Crippen molar-refractivity contribution < 1.29 is 9.84 Å². The lowest BCUT2D eigenvalue weighted by atomic mass is 10.4. The van der Waals surface area contributed by atoms with E-state index in [2.05, 4.69) is 4.90 Å². The molecule has 3 nitrogen and oxygen atoms in total. The van der Waals surface area contributed by atoms with E-state index in [0.717, 1.165) is 19.7 Å². The van der Waals surface area contributed by atoms with Crippen LogP contribution in [0.2, 0.25) is 0 Å². The molecule has 1 N–H and O–H groups in total. The fraction of sp³-hybridized carbons (Fsp3) is 1.00. The molecule has 2 heterocycles. The Morgan fingerprint density at radius 3 is 2.88 bits per heavy atom. The van der Waals surface area contributed by atoms with Crippen LogP contribution in [-0.4, -0.2) is 42.0 Å². The number of nitrogens with zero attached hydrogens (tertiary/aromatic N) is 1. The first-order chi connectivity index (χ1) is 3.87. The average Bonchev–Trinajstić information content (AvgIpc) is 2.38. The second-order valence-corrected chi connectivity index (χ2v) is 2.37. The molecule has 46 valence electrons. The Kier molecular flexibility index (Phi) is 0.730. The minimum absolute atomic E-state index is 0.160. The van der Waals surface area contributed by atoms with E-state index in [4.69, 9.17) is 9.84 Å². The van der Waals surface area contributed by atoms with Crippen LogP contribution in [0.4, 0.5) is 0 Å². The van der Waals surface area contributed by atoms with E-state index in [9.17, 15) is 0 Å². The largest absolute Gasteiger partial charge is 0.392 e. The zero-order chi connectivity index (χ0) is 5.61. The highest BCUT2D eigenvalue weighted by Crippen LogP contribution is 2.36. The number of ether oxygens (including phenoxy) is 1. The molecule has 0 spiro atoms. The Bertz CT molecular complexity index is 113. The van der Waals surface area contributed by atoms with Crippen LogP contribution >= 0.6 is 0 Å². The van der Waals surface area contributed by atoms with Crippen molar-refractivity contribution in [1.29, 1.82) is 0 Å². The lowest BCUT2D eigenvalue weighted by Gasteiger charge is -2.03. The summed E-state index contributed by atoms with van der Waals surface area (Å²) in [5.74, 6) is 0. The molecule has 8 heavy (non-hydrogen) atoms. The van der Waals surface area contributed by atoms with E-state index < -0.39 is 0 Å². The number of morpholine rings is 1. The molecule has 0 aromatic heterocycles. The Labute approximate surface area is 47.9 Å². The third-order valence-corrected chi connectivity index (χ3v) is 1.89. The quantitative estimate of drug-likeness (QED) is 0.446. The Hall–Kier alpha value is -0.120. The monoisotopic (exact) mass is 115 g/mol. The Balaban J connectivity index is 2.08. The number of aliphatic hydroxyl groups is 1. The van der Waals surface area contributed by atoms with Gasteiger partial charge in [-0.3, -0.25) is 4.90 Å². The van der Waals surface area contributed by atoms with E-state index in [1.54, 1.807) is 0 Å². The van der Waals surface area contributed by atoms with Crippen LogP contribution < -0.4 is 0 Å². The van der Waals surface area contributed by atoms with E-state index in [0.29, 0.717) is 0 Å². The van der Waals surface area contributed by atoms with Gasteiger partial charge in [0, 0.05) is 13.1 Å². The van der Waals surface area contributed by atoms with Gasteiger partial charge in [0.1, 0.15) is 0 Å². The van der Waals surface area contributed by atoms with Crippen LogP contribution in [0.3, 0.4) is 0 Å². The molecule has 0 radical (unpaired) electrons. The maximum absolute atomic E-state index is 8.70. The van der Waals surface area contributed by atoms with E-state index in [-0.39, 0.29) is 12.3 Å². The number of fused-ring (bicyclic) bond motifs is 1. The van der Waals surface area contributed by atoms with Gasteiger partial charge in [0.25, 0.3) is 0 Å². The van der Waals surface area contributed by atoms with Crippen molar-refractivity contribution in [2.75, 3.05) is 26.3 Å². The van der Waals surface area contributed by atoms with Crippen molar-refractivity contribution in [2.45, 2.75) is 5.72 Å². The van der Waals surface area contributed by atoms with Crippen LogP contribution in [0, 0.1) is 0 Å². The zero-order valence-electron chi connectivity index (χ0n) is 4.63. The SMILES string of the molecule is OC[C@@]12CN1CCO2. The minimum atomic E-state index is -0.208. The first kappa shape index (κ1) is 4.73. The summed E-state index contributed by atoms with van der Waals surface area (Å²) in [4.78, 5) is 2.13. The van der Waals surface area contributed by atoms with Gasteiger partial charge >= 0.3 is 0 Å². The molecule has 0 saturated carbocycles. The summed E-state index contributed by atoms with van der Waals surface area (Å²) in [6.45, 7) is 2.89. The van der Waals surface area contributed by atoms with Crippen molar-refractivity contribution in [3.8, 4) is 0 Å². The van der Waals surface area contributed by atoms with Gasteiger partial charge in [-0.05, 0) is 0 Å². The summed E-state index contributed by atoms with van der Waals surface area (Å²) in [6.07, 6.45) is 0. The number of aliphatic hydroxyl groups excluding tert-OH is 1. The Morgan fingerprint density at radius 2 is 2.62 bits per heavy atom. The van der Waals surface area contributed by atoms with Gasteiger partial charge in [-0.1, -0.05) is 0 Å². The first-order valence-corrected chi connectivity index (χ1v) is 2.87.